The minimum Gasteiger partial charge on any atom is -0.508 e. The van der Waals surface area contributed by atoms with E-state index in [9.17, 15) is 45.6 Å². The second kappa shape index (κ2) is 12.1. The summed E-state index contributed by atoms with van der Waals surface area (Å²) in [4.78, 5) is 12.3. The van der Waals surface area contributed by atoms with Gasteiger partial charge < -0.3 is 59.8 Å². The summed E-state index contributed by atoms with van der Waals surface area (Å²) < 4.78 is 22.7. The van der Waals surface area contributed by atoms with Gasteiger partial charge in [0.2, 0.25) is 6.29 Å². The van der Waals surface area contributed by atoms with E-state index in [1.165, 1.54) is 48.6 Å². The van der Waals surface area contributed by atoms with Gasteiger partial charge in [0.25, 0.3) is 0 Å². The van der Waals surface area contributed by atoms with E-state index in [-0.39, 0.29) is 39.9 Å². The summed E-state index contributed by atoms with van der Waals surface area (Å²) in [7, 11) is 0. The van der Waals surface area contributed by atoms with Crippen LogP contribution in [0.5, 0.6) is 34.5 Å². The predicted octanol–water partition coefficient (Wildman–Crippen LogP) is 1.77. The fourth-order valence-electron chi connectivity index (χ4n) is 4.52. The van der Waals surface area contributed by atoms with E-state index in [0.29, 0.717) is 5.56 Å². The standard InChI is InChI=1S/C30H28O13/c31-16-5-1-14(2-6-16)3-8-25(36)40-13-24-26(37)27(38)28(39)30(43-24)42-23-12-18-20(34)10-17(32)11-22(18)41-29(23)15-4-7-19(33)21(35)9-15/h1-12,24,26-35,37-39H,13H2/b8-3+/t24-,26+,27+,28-,29?,30-/m1/s1. The topological polar surface area (TPSA) is 216 Å². The minimum absolute atomic E-state index is 0.0492. The molecule has 1 saturated heterocycles. The molecule has 0 aliphatic carbocycles. The number of ether oxygens (including phenoxy) is 4. The first-order valence-electron chi connectivity index (χ1n) is 13.0. The Labute approximate surface area is 244 Å². The zero-order valence-corrected chi connectivity index (χ0v) is 22.2. The lowest BCUT2D eigenvalue weighted by Crippen LogP contribution is -2.59. The molecule has 8 N–H and O–H groups in total. The van der Waals surface area contributed by atoms with Crippen molar-refractivity contribution in [3.63, 3.8) is 0 Å². The highest BCUT2D eigenvalue weighted by molar-refractivity contribution is 5.87. The number of hydrogen-bond donors (Lipinski definition) is 8. The Balaban J connectivity index is 1.35. The molecular formula is C30H28O13. The average Bonchev–Trinajstić information content (AvgIpc) is 2.98. The lowest BCUT2D eigenvalue weighted by atomic mass is 9.98. The Hall–Kier alpha value is -4.95. The van der Waals surface area contributed by atoms with Crippen molar-refractivity contribution in [1.29, 1.82) is 0 Å². The molecule has 226 valence electrons. The molecule has 0 radical (unpaired) electrons. The Morgan fingerprint density at radius 2 is 1.56 bits per heavy atom. The summed E-state index contributed by atoms with van der Waals surface area (Å²) in [6.45, 7) is -0.530. The summed E-state index contributed by atoms with van der Waals surface area (Å²) in [5.74, 6) is -2.31. The van der Waals surface area contributed by atoms with Crippen molar-refractivity contribution in [3.05, 3.63) is 83.1 Å². The Kier molecular flexibility index (Phi) is 8.32. The van der Waals surface area contributed by atoms with Crippen molar-refractivity contribution >= 4 is 18.1 Å². The molecule has 0 amide bonds. The second-order valence-electron chi connectivity index (χ2n) is 9.86. The maximum absolute atomic E-state index is 12.3. The molecule has 2 aliphatic rings. The summed E-state index contributed by atoms with van der Waals surface area (Å²) >= 11 is 0. The molecule has 0 spiro atoms. The monoisotopic (exact) mass is 596 g/mol. The largest absolute Gasteiger partial charge is 0.508 e. The molecular weight excluding hydrogens is 568 g/mol. The number of phenolic OH excluding ortho intramolecular Hbond substituents is 5. The van der Waals surface area contributed by atoms with Crippen molar-refractivity contribution in [2.24, 2.45) is 0 Å². The van der Waals surface area contributed by atoms with Crippen LogP contribution in [0, 0.1) is 0 Å². The van der Waals surface area contributed by atoms with Crippen molar-refractivity contribution in [2.75, 3.05) is 6.61 Å². The van der Waals surface area contributed by atoms with Gasteiger partial charge in [-0.3, -0.25) is 0 Å². The van der Waals surface area contributed by atoms with Gasteiger partial charge in [0.15, 0.2) is 17.6 Å². The summed E-state index contributed by atoms with van der Waals surface area (Å²) in [5.41, 5.74) is 0.966. The predicted molar refractivity (Wildman–Crippen MR) is 147 cm³/mol. The first-order chi connectivity index (χ1) is 20.5. The van der Waals surface area contributed by atoms with Crippen LogP contribution in [0.2, 0.25) is 0 Å². The smallest absolute Gasteiger partial charge is 0.330 e. The number of hydrogen-bond acceptors (Lipinski definition) is 13. The number of aromatic hydroxyl groups is 5. The van der Waals surface area contributed by atoms with Gasteiger partial charge >= 0.3 is 5.97 Å². The van der Waals surface area contributed by atoms with Crippen molar-refractivity contribution in [3.8, 4) is 34.5 Å². The van der Waals surface area contributed by atoms with E-state index in [4.69, 9.17) is 18.9 Å². The number of benzene rings is 3. The Bertz CT molecular complexity index is 1550. The molecule has 5 rings (SSSR count). The van der Waals surface area contributed by atoms with E-state index in [2.05, 4.69) is 0 Å². The number of carbonyl (C=O) groups excluding carboxylic acids is 1. The van der Waals surface area contributed by atoms with Crippen LogP contribution >= 0.6 is 0 Å². The van der Waals surface area contributed by atoms with Gasteiger partial charge in [-0.2, -0.15) is 0 Å². The van der Waals surface area contributed by atoms with Gasteiger partial charge in [0.1, 0.15) is 59.8 Å². The molecule has 3 aromatic carbocycles. The van der Waals surface area contributed by atoms with Gasteiger partial charge in [-0.05, 0) is 42.0 Å². The lowest BCUT2D eigenvalue weighted by Gasteiger charge is -2.41. The first kappa shape index (κ1) is 29.5. The average molecular weight is 597 g/mol. The molecule has 2 heterocycles. The summed E-state index contributed by atoms with van der Waals surface area (Å²) in [6.07, 6.45) is -5.50. The van der Waals surface area contributed by atoms with Gasteiger partial charge in [-0.15, -0.1) is 0 Å². The van der Waals surface area contributed by atoms with Crippen LogP contribution in [0.3, 0.4) is 0 Å². The molecule has 43 heavy (non-hydrogen) atoms. The molecule has 13 heteroatoms. The third-order valence-electron chi connectivity index (χ3n) is 6.81. The number of aliphatic hydroxyl groups excluding tert-OH is 3. The van der Waals surface area contributed by atoms with E-state index < -0.39 is 60.9 Å². The zero-order valence-electron chi connectivity index (χ0n) is 22.2. The van der Waals surface area contributed by atoms with Crippen LogP contribution in [0.15, 0.2) is 66.4 Å². The number of carbonyl (C=O) groups is 1. The van der Waals surface area contributed by atoms with Crippen molar-refractivity contribution in [2.45, 2.75) is 36.8 Å². The lowest BCUT2D eigenvalue weighted by molar-refractivity contribution is -0.294. The Morgan fingerprint density at radius 1 is 0.814 bits per heavy atom. The molecule has 0 bridgehead atoms. The Morgan fingerprint density at radius 3 is 2.28 bits per heavy atom. The molecule has 0 aromatic heterocycles. The molecule has 1 unspecified atom stereocenters. The van der Waals surface area contributed by atoms with Crippen LogP contribution in [-0.4, -0.2) is 84.1 Å². The molecule has 2 aliphatic heterocycles. The third-order valence-corrected chi connectivity index (χ3v) is 6.81. The van der Waals surface area contributed by atoms with Crippen LogP contribution in [-0.2, 0) is 19.0 Å². The van der Waals surface area contributed by atoms with Gasteiger partial charge in [0, 0.05) is 23.8 Å². The molecule has 1 fully saturated rings. The van der Waals surface area contributed by atoms with E-state index >= 15 is 0 Å². The normalized spacial score (nSPS) is 25.0. The highest BCUT2D eigenvalue weighted by atomic mass is 16.7. The van der Waals surface area contributed by atoms with E-state index in [1.54, 1.807) is 12.1 Å². The number of fused-ring (bicyclic) bond motifs is 1. The van der Waals surface area contributed by atoms with E-state index in [1.807, 2.05) is 0 Å². The third kappa shape index (κ3) is 6.44. The van der Waals surface area contributed by atoms with Crippen LogP contribution in [0.4, 0.5) is 0 Å². The van der Waals surface area contributed by atoms with Crippen LogP contribution in [0.1, 0.15) is 22.8 Å². The maximum Gasteiger partial charge on any atom is 0.330 e. The fourth-order valence-corrected chi connectivity index (χ4v) is 4.52. The number of esters is 1. The maximum atomic E-state index is 12.3. The highest BCUT2D eigenvalue weighted by Crippen LogP contribution is 2.45. The summed E-state index contributed by atoms with van der Waals surface area (Å²) in [5, 5.41) is 81.2. The fraction of sp³-hybridized carbons (Fsp3) is 0.233. The molecule has 6 atom stereocenters. The second-order valence-corrected chi connectivity index (χ2v) is 9.86. The van der Waals surface area contributed by atoms with Gasteiger partial charge in [0.05, 0.1) is 5.56 Å². The quantitative estimate of drug-likeness (QED) is 0.111. The van der Waals surface area contributed by atoms with Crippen LogP contribution < -0.4 is 4.74 Å². The first-order valence-corrected chi connectivity index (χ1v) is 13.0. The molecule has 3 aromatic rings. The molecule has 0 saturated carbocycles. The summed E-state index contributed by atoms with van der Waals surface area (Å²) in [6, 6.07) is 12.1. The van der Waals surface area contributed by atoms with Gasteiger partial charge in [-0.25, -0.2) is 4.79 Å². The van der Waals surface area contributed by atoms with Crippen molar-refractivity contribution < 1.29 is 64.6 Å². The minimum atomic E-state index is -1.79. The SMILES string of the molecule is O=C(/C=C/c1ccc(O)cc1)OC[C@H]1O[C@@H](OC2=Cc3c(O)cc(O)cc3OC2c2ccc(O)c(O)c2)[C@H](O)[C@@H](O)[C@H]1O. The number of rotatable bonds is 7. The highest BCUT2D eigenvalue weighted by Gasteiger charge is 2.46. The zero-order chi connectivity index (χ0) is 30.8. The number of phenols is 5. The van der Waals surface area contributed by atoms with Crippen LogP contribution in [0.25, 0.3) is 12.2 Å². The number of aliphatic hydroxyl groups is 3. The van der Waals surface area contributed by atoms with Crippen molar-refractivity contribution in [1.82, 2.24) is 0 Å². The van der Waals surface area contributed by atoms with E-state index in [0.717, 1.165) is 12.1 Å². The molecule has 13 nitrogen and oxygen atoms in total. The van der Waals surface area contributed by atoms with Gasteiger partial charge in [-0.1, -0.05) is 18.2 Å².